The molecule has 4 saturated carbocycles. The van der Waals surface area contributed by atoms with Crippen molar-refractivity contribution in [1.82, 2.24) is 5.32 Å². The first-order chi connectivity index (χ1) is 14.6. The van der Waals surface area contributed by atoms with E-state index in [2.05, 4.69) is 35.6 Å². The van der Waals surface area contributed by atoms with Gasteiger partial charge in [-0.05, 0) is 79.7 Å². The number of fused-ring (bicyclic) bond motifs is 2. The first-order valence-corrected chi connectivity index (χ1v) is 11.4. The van der Waals surface area contributed by atoms with Crippen LogP contribution in [0.1, 0.15) is 44.1 Å². The van der Waals surface area contributed by atoms with E-state index in [4.69, 9.17) is 0 Å². The van der Waals surface area contributed by atoms with Crippen LogP contribution in [0.15, 0.2) is 54.6 Å². The van der Waals surface area contributed by atoms with Gasteiger partial charge in [0.25, 0.3) is 0 Å². The smallest absolute Gasteiger partial charge is 0.233 e. The highest BCUT2D eigenvalue weighted by molar-refractivity contribution is 5.98. The van der Waals surface area contributed by atoms with Gasteiger partial charge >= 0.3 is 0 Å². The third-order valence-electron chi connectivity index (χ3n) is 8.17. The Balaban J connectivity index is 1.31. The number of hydrogen-bond donors (Lipinski definition) is 1. The average molecular weight is 407 g/mol. The van der Waals surface area contributed by atoms with Gasteiger partial charge in [0, 0.05) is 25.3 Å². The molecule has 4 fully saturated rings. The van der Waals surface area contributed by atoms with Gasteiger partial charge in [-0.1, -0.05) is 36.8 Å². The van der Waals surface area contributed by atoms with Crippen LogP contribution in [0.25, 0.3) is 0 Å². The average Bonchev–Trinajstić information content (AvgIpc) is 2.71. The molecule has 1 amide bonds. The highest BCUT2D eigenvalue weighted by Crippen LogP contribution is 2.61. The van der Waals surface area contributed by atoms with Crippen LogP contribution in [0.4, 0.5) is 10.1 Å². The van der Waals surface area contributed by atoms with Crippen molar-refractivity contribution in [3.63, 3.8) is 0 Å². The number of carbonyl (C=O) groups excluding carboxylic acids is 1. The van der Waals surface area contributed by atoms with Gasteiger partial charge in [0.1, 0.15) is 5.82 Å². The summed E-state index contributed by atoms with van der Waals surface area (Å²) in [6.07, 6.45) is 6.74. The molecule has 2 aromatic carbocycles. The Bertz CT molecular complexity index is 887. The molecule has 2 atom stereocenters. The van der Waals surface area contributed by atoms with Crippen molar-refractivity contribution >= 4 is 11.6 Å². The molecule has 4 aliphatic rings. The maximum atomic E-state index is 13.7. The third kappa shape index (κ3) is 3.35. The predicted octanol–water partition coefficient (Wildman–Crippen LogP) is 5.16. The summed E-state index contributed by atoms with van der Waals surface area (Å²) in [5.41, 5.74) is 1.88. The molecule has 0 heterocycles. The standard InChI is InChI=1S/C26H31FN2O/c1-29(22-10-8-21(27)9-11-22)25(30)26(12-5-13-26)23-16-24(20-14-19(23)15-20)28-17-18-6-3-2-4-7-18/h2-4,6-11,19-20,23-24,28H,5,12-17H2,1H3/t19?,20?,23-,24+/m0/s1. The fraction of sp³-hybridized carbons (Fsp3) is 0.500. The molecule has 0 aromatic heterocycles. The largest absolute Gasteiger partial charge is 0.315 e. The van der Waals surface area contributed by atoms with Crippen molar-refractivity contribution in [3.8, 4) is 0 Å². The van der Waals surface area contributed by atoms with Gasteiger partial charge in [-0.15, -0.1) is 0 Å². The molecule has 0 radical (unpaired) electrons. The molecule has 0 saturated heterocycles. The topological polar surface area (TPSA) is 32.3 Å². The molecule has 3 nitrogen and oxygen atoms in total. The monoisotopic (exact) mass is 406 g/mol. The summed E-state index contributed by atoms with van der Waals surface area (Å²) in [7, 11) is 1.85. The molecule has 4 aliphatic carbocycles. The number of rotatable bonds is 6. The minimum atomic E-state index is -0.266. The zero-order valence-electron chi connectivity index (χ0n) is 17.7. The summed E-state index contributed by atoms with van der Waals surface area (Å²) in [6, 6.07) is 17.4. The minimum Gasteiger partial charge on any atom is -0.315 e. The number of hydrogen-bond acceptors (Lipinski definition) is 2. The molecule has 0 unspecified atom stereocenters. The van der Waals surface area contributed by atoms with Gasteiger partial charge in [0.15, 0.2) is 0 Å². The van der Waals surface area contributed by atoms with E-state index < -0.39 is 0 Å². The second kappa shape index (κ2) is 7.81. The van der Waals surface area contributed by atoms with E-state index >= 15 is 0 Å². The summed E-state index contributed by atoms with van der Waals surface area (Å²) in [5, 5.41) is 3.82. The Morgan fingerprint density at radius 1 is 1.03 bits per heavy atom. The molecule has 30 heavy (non-hydrogen) atoms. The lowest BCUT2D eigenvalue weighted by molar-refractivity contribution is -0.149. The first kappa shape index (κ1) is 19.7. The highest BCUT2D eigenvalue weighted by atomic mass is 19.1. The first-order valence-electron chi connectivity index (χ1n) is 11.4. The molecule has 1 N–H and O–H groups in total. The highest BCUT2D eigenvalue weighted by Gasteiger charge is 2.59. The van der Waals surface area contributed by atoms with Crippen LogP contribution in [0.5, 0.6) is 0 Å². The number of benzene rings is 2. The van der Waals surface area contributed by atoms with Gasteiger partial charge in [0.05, 0.1) is 5.41 Å². The molecule has 6 rings (SSSR count). The second-order valence-corrected chi connectivity index (χ2v) is 9.66. The van der Waals surface area contributed by atoms with Gasteiger partial charge < -0.3 is 10.2 Å². The van der Waals surface area contributed by atoms with Crippen molar-refractivity contribution in [1.29, 1.82) is 0 Å². The summed E-state index contributed by atoms with van der Waals surface area (Å²) in [5.74, 6) is 1.88. The Hall–Kier alpha value is -2.20. The molecular weight excluding hydrogens is 375 g/mol. The van der Waals surface area contributed by atoms with Crippen LogP contribution in [0, 0.1) is 29.0 Å². The van der Waals surface area contributed by atoms with E-state index in [0.29, 0.717) is 17.9 Å². The van der Waals surface area contributed by atoms with Crippen LogP contribution in [-0.4, -0.2) is 19.0 Å². The van der Waals surface area contributed by atoms with E-state index in [1.807, 2.05) is 7.05 Å². The lowest BCUT2D eigenvalue weighted by Crippen LogP contribution is -2.61. The van der Waals surface area contributed by atoms with Gasteiger partial charge in [0.2, 0.25) is 5.91 Å². The Kier molecular flexibility index (Phi) is 5.14. The summed E-state index contributed by atoms with van der Waals surface area (Å²) in [6.45, 7) is 0.899. The normalized spacial score (nSPS) is 28.9. The van der Waals surface area contributed by atoms with Crippen molar-refractivity contribution < 1.29 is 9.18 Å². The number of amides is 1. The Morgan fingerprint density at radius 3 is 2.37 bits per heavy atom. The summed E-state index contributed by atoms with van der Waals surface area (Å²) < 4.78 is 13.3. The van der Waals surface area contributed by atoms with Crippen molar-refractivity contribution in [2.45, 2.75) is 51.1 Å². The molecule has 0 spiro atoms. The molecular formula is C26H31FN2O. The summed E-state index contributed by atoms with van der Waals surface area (Å²) >= 11 is 0. The van der Waals surface area contributed by atoms with E-state index in [0.717, 1.165) is 43.8 Å². The zero-order valence-corrected chi connectivity index (χ0v) is 17.7. The van der Waals surface area contributed by atoms with Crippen LogP contribution >= 0.6 is 0 Å². The summed E-state index contributed by atoms with van der Waals surface area (Å²) in [4.78, 5) is 15.5. The lowest BCUT2D eigenvalue weighted by Gasteiger charge is -2.60. The number of halogens is 1. The number of anilines is 1. The van der Waals surface area contributed by atoms with E-state index in [1.165, 1.54) is 30.5 Å². The maximum Gasteiger partial charge on any atom is 0.233 e. The second-order valence-electron chi connectivity index (χ2n) is 9.66. The van der Waals surface area contributed by atoms with Crippen molar-refractivity contribution in [2.24, 2.45) is 23.2 Å². The van der Waals surface area contributed by atoms with Crippen LogP contribution in [-0.2, 0) is 11.3 Å². The fourth-order valence-corrected chi connectivity index (χ4v) is 6.21. The van der Waals surface area contributed by atoms with Gasteiger partial charge in [-0.3, -0.25) is 4.79 Å². The molecule has 2 bridgehead atoms. The SMILES string of the molecule is CN(C(=O)C1([C@H]2C[C@@H](NCc3ccccc3)C3CC2C3)CCC1)c1ccc(F)cc1. The number of carbonyl (C=O) groups is 1. The third-order valence-corrected chi connectivity index (χ3v) is 8.17. The zero-order chi connectivity index (χ0) is 20.7. The Labute approximate surface area is 178 Å². The molecule has 2 aromatic rings. The van der Waals surface area contributed by atoms with Gasteiger partial charge in [-0.25, -0.2) is 4.39 Å². The van der Waals surface area contributed by atoms with Gasteiger partial charge in [-0.2, -0.15) is 0 Å². The van der Waals surface area contributed by atoms with Crippen molar-refractivity contribution in [2.75, 3.05) is 11.9 Å². The van der Waals surface area contributed by atoms with E-state index in [-0.39, 0.29) is 17.1 Å². The van der Waals surface area contributed by atoms with Crippen LogP contribution < -0.4 is 10.2 Å². The van der Waals surface area contributed by atoms with E-state index in [9.17, 15) is 9.18 Å². The van der Waals surface area contributed by atoms with E-state index in [1.54, 1.807) is 17.0 Å². The van der Waals surface area contributed by atoms with Crippen LogP contribution in [0.3, 0.4) is 0 Å². The fourth-order valence-electron chi connectivity index (χ4n) is 6.21. The minimum absolute atomic E-state index is 0.230. The molecule has 4 heteroatoms. The van der Waals surface area contributed by atoms with Crippen LogP contribution in [0.2, 0.25) is 0 Å². The molecule has 158 valence electrons. The quantitative estimate of drug-likeness (QED) is 0.718. The predicted molar refractivity (Wildman–Crippen MR) is 117 cm³/mol. The van der Waals surface area contributed by atoms with Crippen molar-refractivity contribution in [3.05, 3.63) is 66.0 Å². The molecule has 0 aliphatic heterocycles. The number of nitrogens with zero attached hydrogens (tertiary/aromatic N) is 1. The lowest BCUT2D eigenvalue weighted by atomic mass is 9.46. The number of nitrogens with one attached hydrogen (secondary N) is 1. The Morgan fingerprint density at radius 2 is 1.73 bits per heavy atom. The maximum absolute atomic E-state index is 13.7.